The number of pyridine rings is 1. The van der Waals surface area contributed by atoms with Gasteiger partial charge >= 0.3 is 0 Å². The Bertz CT molecular complexity index is 863. The van der Waals surface area contributed by atoms with Crippen LogP contribution in [0.5, 0.6) is 0 Å². The number of quaternary nitrogens is 1. The van der Waals surface area contributed by atoms with Crippen molar-refractivity contribution in [3.05, 3.63) is 39.7 Å². The van der Waals surface area contributed by atoms with Crippen LogP contribution in [0.2, 0.25) is 0 Å². The van der Waals surface area contributed by atoms with Gasteiger partial charge in [-0.25, -0.2) is 0 Å². The summed E-state index contributed by atoms with van der Waals surface area (Å²) in [5, 5.41) is 0.786. The topological polar surface area (TPSA) is 59.0 Å². The number of hydrogen-bond donors (Lipinski definition) is 2. The molecule has 3 heterocycles. The van der Waals surface area contributed by atoms with Crippen molar-refractivity contribution in [2.75, 3.05) is 44.3 Å². The number of ether oxygens (including phenoxy) is 2. The summed E-state index contributed by atoms with van der Waals surface area (Å²) in [6.07, 6.45) is 0.466. The number of aromatic amines is 1. The third kappa shape index (κ3) is 3.88. The lowest BCUT2D eigenvalue weighted by atomic mass is 10.1. The number of aromatic nitrogens is 1. The second kappa shape index (κ2) is 7.62. The lowest BCUT2D eigenvalue weighted by Gasteiger charge is -2.32. The number of fused-ring (bicyclic) bond motifs is 1. The van der Waals surface area contributed by atoms with E-state index in [0.717, 1.165) is 73.8 Å². The van der Waals surface area contributed by atoms with Crippen LogP contribution >= 0.6 is 0 Å². The van der Waals surface area contributed by atoms with Gasteiger partial charge in [-0.2, -0.15) is 0 Å². The van der Waals surface area contributed by atoms with Crippen molar-refractivity contribution >= 4 is 16.6 Å². The molecule has 0 saturated carbocycles. The second-order valence-electron chi connectivity index (χ2n) is 7.98. The van der Waals surface area contributed by atoms with Crippen molar-refractivity contribution in [1.29, 1.82) is 0 Å². The number of morpholine rings is 2. The van der Waals surface area contributed by atoms with Crippen molar-refractivity contribution in [3.8, 4) is 0 Å². The maximum atomic E-state index is 13.3. The van der Waals surface area contributed by atoms with E-state index in [2.05, 4.69) is 29.8 Å². The first-order valence-electron chi connectivity index (χ1n) is 9.98. The first-order valence-corrected chi connectivity index (χ1v) is 9.98. The lowest BCUT2D eigenvalue weighted by Crippen LogP contribution is -3.14. The number of aryl methyl sites for hydroxylation is 1. The molecule has 2 aliphatic rings. The maximum absolute atomic E-state index is 13.3. The van der Waals surface area contributed by atoms with Crippen LogP contribution in [0.15, 0.2) is 23.0 Å². The average Bonchev–Trinajstić information content (AvgIpc) is 2.65. The van der Waals surface area contributed by atoms with E-state index in [9.17, 15) is 4.79 Å². The molecule has 1 aromatic heterocycles. The molecule has 6 heteroatoms. The van der Waals surface area contributed by atoms with E-state index >= 15 is 0 Å². The Morgan fingerprint density at radius 1 is 1.19 bits per heavy atom. The van der Waals surface area contributed by atoms with Gasteiger partial charge in [-0.1, -0.05) is 0 Å². The predicted octanol–water partition coefficient (Wildman–Crippen LogP) is 0.865. The van der Waals surface area contributed by atoms with Crippen molar-refractivity contribution in [2.45, 2.75) is 39.5 Å². The highest BCUT2D eigenvalue weighted by molar-refractivity contribution is 5.83. The predicted molar refractivity (Wildman–Crippen MR) is 107 cm³/mol. The number of hydrogen-bond acceptors (Lipinski definition) is 4. The fourth-order valence-electron chi connectivity index (χ4n) is 4.45. The van der Waals surface area contributed by atoms with E-state index in [0.29, 0.717) is 0 Å². The van der Waals surface area contributed by atoms with Crippen LogP contribution < -0.4 is 15.2 Å². The van der Waals surface area contributed by atoms with Crippen LogP contribution in [0.25, 0.3) is 10.9 Å². The van der Waals surface area contributed by atoms with Crippen molar-refractivity contribution < 1.29 is 14.4 Å². The molecule has 0 bridgehead atoms. The molecule has 2 N–H and O–H groups in total. The Kier molecular flexibility index (Phi) is 5.21. The highest BCUT2D eigenvalue weighted by atomic mass is 16.5. The Morgan fingerprint density at radius 2 is 1.89 bits per heavy atom. The molecule has 0 aliphatic carbocycles. The fourth-order valence-corrected chi connectivity index (χ4v) is 4.45. The Labute approximate surface area is 160 Å². The van der Waals surface area contributed by atoms with E-state index in [1.165, 1.54) is 4.90 Å². The normalized spacial score (nSPS) is 26.5. The first-order chi connectivity index (χ1) is 13.0. The molecule has 2 fully saturated rings. The molecule has 27 heavy (non-hydrogen) atoms. The summed E-state index contributed by atoms with van der Waals surface area (Å²) in [6, 6.07) is 6.17. The highest BCUT2D eigenvalue weighted by Gasteiger charge is 2.27. The van der Waals surface area contributed by atoms with Crippen LogP contribution in [0.1, 0.15) is 25.1 Å². The average molecular weight is 372 g/mol. The number of benzene rings is 1. The third-order valence-corrected chi connectivity index (χ3v) is 5.72. The zero-order valence-corrected chi connectivity index (χ0v) is 16.5. The van der Waals surface area contributed by atoms with Crippen molar-refractivity contribution in [3.63, 3.8) is 0 Å². The van der Waals surface area contributed by atoms with Gasteiger partial charge in [-0.05, 0) is 39.0 Å². The van der Waals surface area contributed by atoms with Crippen molar-refractivity contribution in [1.82, 2.24) is 4.98 Å². The quantitative estimate of drug-likeness (QED) is 0.839. The van der Waals surface area contributed by atoms with E-state index in [1.54, 1.807) is 0 Å². The van der Waals surface area contributed by atoms with Gasteiger partial charge in [-0.3, -0.25) is 4.79 Å². The van der Waals surface area contributed by atoms with E-state index in [1.807, 2.05) is 19.1 Å². The Morgan fingerprint density at radius 3 is 2.59 bits per heavy atom. The molecule has 146 valence electrons. The van der Waals surface area contributed by atoms with Gasteiger partial charge in [-0.15, -0.1) is 0 Å². The summed E-state index contributed by atoms with van der Waals surface area (Å²) in [5.41, 5.74) is 4.06. The number of rotatable bonds is 3. The molecule has 2 aromatic rings. The summed E-state index contributed by atoms with van der Waals surface area (Å²) in [6.45, 7) is 12.1. The molecule has 2 saturated heterocycles. The minimum Gasteiger partial charge on any atom is -0.378 e. The zero-order valence-electron chi connectivity index (χ0n) is 16.5. The van der Waals surface area contributed by atoms with Gasteiger partial charge in [0.05, 0.1) is 18.8 Å². The molecule has 2 aliphatic heterocycles. The molecule has 0 amide bonds. The van der Waals surface area contributed by atoms with Gasteiger partial charge in [0.2, 0.25) is 0 Å². The van der Waals surface area contributed by atoms with Crippen LogP contribution in [0.4, 0.5) is 5.69 Å². The molecule has 1 unspecified atom stereocenters. The fraction of sp³-hybridized carbons (Fsp3) is 0.571. The maximum Gasteiger partial charge on any atom is 0.198 e. The minimum atomic E-state index is 0.163. The molecular weight excluding hydrogens is 342 g/mol. The van der Waals surface area contributed by atoms with Crippen LogP contribution in [-0.2, 0) is 16.0 Å². The Balaban J connectivity index is 1.67. The third-order valence-electron chi connectivity index (χ3n) is 5.72. The van der Waals surface area contributed by atoms with Crippen LogP contribution in [-0.4, -0.2) is 56.6 Å². The van der Waals surface area contributed by atoms with E-state index in [-0.39, 0.29) is 17.6 Å². The molecule has 0 spiro atoms. The molecule has 3 atom stereocenters. The van der Waals surface area contributed by atoms with Crippen LogP contribution in [0.3, 0.4) is 0 Å². The SMILES string of the molecule is Cc1[nH]c2ccc(N3CCOCC3)cc2c(=O)c1C[NH+]1C[C@@H](C)O[C@@H](C)C1. The van der Waals surface area contributed by atoms with Crippen LogP contribution in [0, 0.1) is 6.92 Å². The largest absolute Gasteiger partial charge is 0.378 e. The van der Waals surface area contributed by atoms with Gasteiger partial charge in [0.1, 0.15) is 31.8 Å². The summed E-state index contributed by atoms with van der Waals surface area (Å²) in [7, 11) is 0. The van der Waals surface area contributed by atoms with Gasteiger partial charge in [0.25, 0.3) is 0 Å². The minimum absolute atomic E-state index is 0.163. The first kappa shape index (κ1) is 18.5. The molecule has 0 radical (unpaired) electrons. The zero-order chi connectivity index (χ0) is 19.0. The molecule has 6 nitrogen and oxygen atoms in total. The summed E-state index contributed by atoms with van der Waals surface area (Å²) in [5.74, 6) is 0. The van der Waals surface area contributed by atoms with E-state index < -0.39 is 0 Å². The lowest BCUT2D eigenvalue weighted by molar-refractivity contribution is -0.928. The monoisotopic (exact) mass is 372 g/mol. The summed E-state index contributed by atoms with van der Waals surface area (Å²) >= 11 is 0. The number of H-pyrrole nitrogens is 1. The molecule has 4 rings (SSSR count). The molecule has 1 aromatic carbocycles. The summed E-state index contributed by atoms with van der Waals surface area (Å²) in [4.78, 5) is 20.5. The van der Waals surface area contributed by atoms with Crippen molar-refractivity contribution in [2.24, 2.45) is 0 Å². The number of nitrogens with zero attached hydrogens (tertiary/aromatic N) is 1. The standard InChI is InChI=1S/C21H29N3O3/c1-14-11-23(12-15(2)27-14)13-19-16(3)22-20-5-4-17(10-18(20)21(19)25)24-6-8-26-9-7-24/h4-5,10,14-15H,6-9,11-13H2,1-3H3,(H,22,25)/p+1/t14-,15+. The summed E-state index contributed by atoms with van der Waals surface area (Å²) < 4.78 is 11.3. The van der Waals surface area contributed by atoms with Gasteiger partial charge in [0, 0.05) is 35.4 Å². The Hall–Kier alpha value is -1.89. The van der Waals surface area contributed by atoms with Gasteiger partial charge in [0.15, 0.2) is 5.43 Å². The molecular formula is C21H30N3O3+. The van der Waals surface area contributed by atoms with Gasteiger partial charge < -0.3 is 24.3 Å². The van der Waals surface area contributed by atoms with E-state index in [4.69, 9.17) is 9.47 Å². The smallest absolute Gasteiger partial charge is 0.198 e. The second-order valence-corrected chi connectivity index (χ2v) is 7.98. The highest BCUT2D eigenvalue weighted by Crippen LogP contribution is 2.21. The number of nitrogens with one attached hydrogen (secondary N) is 2. The number of anilines is 1.